The van der Waals surface area contributed by atoms with Crippen molar-refractivity contribution in [1.82, 2.24) is 9.97 Å². The third-order valence-electron chi connectivity index (χ3n) is 4.12. The van der Waals surface area contributed by atoms with E-state index in [4.69, 9.17) is 5.73 Å². The molecule has 116 valence electrons. The van der Waals surface area contributed by atoms with Gasteiger partial charge in [0.05, 0.1) is 0 Å². The summed E-state index contributed by atoms with van der Waals surface area (Å²) in [5.41, 5.74) is 8.28. The van der Waals surface area contributed by atoms with Gasteiger partial charge in [0.2, 0.25) is 0 Å². The van der Waals surface area contributed by atoms with Gasteiger partial charge < -0.3 is 15.5 Å². The van der Waals surface area contributed by atoms with Crippen LogP contribution in [0, 0.1) is 0 Å². The fourth-order valence-electron chi connectivity index (χ4n) is 2.97. The van der Waals surface area contributed by atoms with Crippen LogP contribution < -0.4 is 15.5 Å². The predicted octanol–water partition coefficient (Wildman–Crippen LogP) is 2.69. The van der Waals surface area contributed by atoms with E-state index in [0.29, 0.717) is 5.69 Å². The van der Waals surface area contributed by atoms with Gasteiger partial charge in [0.1, 0.15) is 12.0 Å². The Bertz CT molecular complexity index is 608. The molecule has 0 bridgehead atoms. The van der Waals surface area contributed by atoms with Crippen molar-refractivity contribution in [3.63, 3.8) is 0 Å². The predicted molar refractivity (Wildman–Crippen MR) is 91.1 cm³/mol. The van der Waals surface area contributed by atoms with E-state index in [2.05, 4.69) is 31.9 Å². The summed E-state index contributed by atoms with van der Waals surface area (Å²) in [4.78, 5) is 13.2. The number of hydrogen-bond acceptors (Lipinski definition) is 5. The Morgan fingerprint density at radius 3 is 2.55 bits per heavy atom. The molecule has 2 N–H and O–H groups in total. The number of nitrogen functional groups attached to an aromatic ring is 1. The lowest BCUT2D eigenvalue weighted by molar-refractivity contribution is 0.573. The largest absolute Gasteiger partial charge is 0.393 e. The smallest absolute Gasteiger partial charge is 0.157 e. The van der Waals surface area contributed by atoms with Crippen molar-refractivity contribution in [2.24, 2.45) is 0 Å². The first-order valence-corrected chi connectivity index (χ1v) is 7.86. The van der Waals surface area contributed by atoms with E-state index in [1.54, 1.807) is 6.33 Å². The SMILES string of the molecule is CN(Cc1ccccc1)c1ncnc(N2CCCCC2)c1N. The van der Waals surface area contributed by atoms with E-state index in [1.165, 1.54) is 24.8 Å². The maximum atomic E-state index is 6.36. The summed E-state index contributed by atoms with van der Waals surface area (Å²) < 4.78 is 0. The fourth-order valence-corrected chi connectivity index (χ4v) is 2.97. The first kappa shape index (κ1) is 14.6. The maximum absolute atomic E-state index is 6.36. The molecule has 0 radical (unpaired) electrons. The van der Waals surface area contributed by atoms with Crippen LogP contribution in [-0.2, 0) is 6.54 Å². The molecule has 1 aromatic heterocycles. The lowest BCUT2D eigenvalue weighted by Crippen LogP contribution is -2.31. The van der Waals surface area contributed by atoms with E-state index in [9.17, 15) is 0 Å². The van der Waals surface area contributed by atoms with Crippen LogP contribution in [0.15, 0.2) is 36.7 Å². The summed E-state index contributed by atoms with van der Waals surface area (Å²) in [5, 5.41) is 0. The normalized spacial score (nSPS) is 14.9. The molecular weight excluding hydrogens is 274 g/mol. The molecular formula is C17H23N5. The van der Waals surface area contributed by atoms with Crippen molar-refractivity contribution in [3.05, 3.63) is 42.2 Å². The Hall–Kier alpha value is -2.30. The quantitative estimate of drug-likeness (QED) is 0.940. The number of piperidine rings is 1. The summed E-state index contributed by atoms with van der Waals surface area (Å²) in [6.07, 6.45) is 5.33. The van der Waals surface area contributed by atoms with Crippen LogP contribution in [-0.4, -0.2) is 30.1 Å². The second-order valence-corrected chi connectivity index (χ2v) is 5.82. The van der Waals surface area contributed by atoms with Crippen molar-refractivity contribution < 1.29 is 0 Å². The number of nitrogens with two attached hydrogens (primary N) is 1. The average Bonchev–Trinajstić information content (AvgIpc) is 2.56. The minimum atomic E-state index is 0.683. The molecule has 1 fully saturated rings. The lowest BCUT2D eigenvalue weighted by Gasteiger charge is -2.30. The summed E-state index contributed by atoms with van der Waals surface area (Å²) in [5.74, 6) is 1.68. The highest BCUT2D eigenvalue weighted by Gasteiger charge is 2.19. The maximum Gasteiger partial charge on any atom is 0.157 e. The minimum Gasteiger partial charge on any atom is -0.393 e. The summed E-state index contributed by atoms with van der Waals surface area (Å²) in [7, 11) is 2.02. The van der Waals surface area contributed by atoms with Crippen LogP contribution in [0.2, 0.25) is 0 Å². The molecule has 2 aromatic rings. The highest BCUT2D eigenvalue weighted by molar-refractivity contribution is 5.75. The Balaban J connectivity index is 1.81. The second-order valence-electron chi connectivity index (χ2n) is 5.82. The molecule has 5 nitrogen and oxygen atoms in total. The van der Waals surface area contributed by atoms with E-state index in [-0.39, 0.29) is 0 Å². The molecule has 1 aromatic carbocycles. The van der Waals surface area contributed by atoms with Gasteiger partial charge in [-0.05, 0) is 24.8 Å². The van der Waals surface area contributed by atoms with Crippen LogP contribution in [0.3, 0.4) is 0 Å². The van der Waals surface area contributed by atoms with Crippen LogP contribution in [0.5, 0.6) is 0 Å². The number of hydrogen-bond donors (Lipinski definition) is 1. The van der Waals surface area contributed by atoms with Crippen LogP contribution in [0.1, 0.15) is 24.8 Å². The van der Waals surface area contributed by atoms with Crippen LogP contribution in [0.4, 0.5) is 17.3 Å². The van der Waals surface area contributed by atoms with E-state index in [0.717, 1.165) is 31.3 Å². The van der Waals surface area contributed by atoms with Crippen molar-refractivity contribution in [1.29, 1.82) is 0 Å². The molecule has 1 aliphatic heterocycles. The molecule has 0 unspecified atom stereocenters. The molecule has 0 aliphatic carbocycles. The topological polar surface area (TPSA) is 58.3 Å². The standard InChI is InChI=1S/C17H23N5/c1-21(12-14-8-4-2-5-9-14)16-15(18)17(20-13-19-16)22-10-6-3-7-11-22/h2,4-5,8-9,13H,3,6-7,10-12,18H2,1H3. The first-order valence-electron chi connectivity index (χ1n) is 7.86. The molecule has 1 aliphatic rings. The van der Waals surface area contributed by atoms with Crippen molar-refractivity contribution >= 4 is 17.3 Å². The Morgan fingerprint density at radius 1 is 1.09 bits per heavy atom. The molecule has 0 spiro atoms. The average molecular weight is 297 g/mol. The van der Waals surface area contributed by atoms with Crippen molar-refractivity contribution in [2.75, 3.05) is 35.7 Å². The Kier molecular flexibility index (Phi) is 4.42. The number of nitrogens with zero attached hydrogens (tertiary/aromatic N) is 4. The Morgan fingerprint density at radius 2 is 1.82 bits per heavy atom. The van der Waals surface area contributed by atoms with E-state index >= 15 is 0 Å². The fraction of sp³-hybridized carbons (Fsp3) is 0.412. The number of benzene rings is 1. The molecule has 2 heterocycles. The zero-order valence-electron chi connectivity index (χ0n) is 13.1. The third-order valence-corrected chi connectivity index (χ3v) is 4.12. The Labute approximate surface area is 131 Å². The summed E-state index contributed by atoms with van der Waals surface area (Å²) >= 11 is 0. The number of anilines is 3. The van der Waals surface area contributed by atoms with Gasteiger partial charge in [-0.25, -0.2) is 9.97 Å². The molecule has 1 saturated heterocycles. The van der Waals surface area contributed by atoms with E-state index < -0.39 is 0 Å². The number of aromatic nitrogens is 2. The second kappa shape index (κ2) is 6.64. The third kappa shape index (κ3) is 3.13. The first-order chi connectivity index (χ1) is 10.8. The monoisotopic (exact) mass is 297 g/mol. The lowest BCUT2D eigenvalue weighted by atomic mass is 10.1. The molecule has 0 saturated carbocycles. The van der Waals surface area contributed by atoms with Gasteiger partial charge >= 0.3 is 0 Å². The van der Waals surface area contributed by atoms with E-state index in [1.807, 2.05) is 25.2 Å². The van der Waals surface area contributed by atoms with Gasteiger partial charge in [-0.2, -0.15) is 0 Å². The zero-order valence-corrected chi connectivity index (χ0v) is 13.1. The van der Waals surface area contributed by atoms with Gasteiger partial charge in [-0.1, -0.05) is 30.3 Å². The summed E-state index contributed by atoms with van der Waals surface area (Å²) in [6, 6.07) is 10.3. The molecule has 0 atom stereocenters. The van der Waals surface area contributed by atoms with Gasteiger partial charge in [0, 0.05) is 26.7 Å². The van der Waals surface area contributed by atoms with Gasteiger partial charge in [0.25, 0.3) is 0 Å². The minimum absolute atomic E-state index is 0.683. The zero-order chi connectivity index (χ0) is 15.4. The summed E-state index contributed by atoms with van der Waals surface area (Å²) in [6.45, 7) is 2.84. The van der Waals surface area contributed by atoms with Crippen molar-refractivity contribution in [3.8, 4) is 0 Å². The van der Waals surface area contributed by atoms with Gasteiger partial charge in [-0.15, -0.1) is 0 Å². The molecule has 5 heteroatoms. The van der Waals surface area contributed by atoms with Gasteiger partial charge in [0.15, 0.2) is 11.6 Å². The molecule has 22 heavy (non-hydrogen) atoms. The van der Waals surface area contributed by atoms with Crippen molar-refractivity contribution in [2.45, 2.75) is 25.8 Å². The molecule has 3 rings (SSSR count). The van der Waals surface area contributed by atoms with Crippen LogP contribution >= 0.6 is 0 Å². The van der Waals surface area contributed by atoms with Gasteiger partial charge in [-0.3, -0.25) is 0 Å². The van der Waals surface area contributed by atoms with Crippen LogP contribution in [0.25, 0.3) is 0 Å². The number of rotatable bonds is 4. The highest BCUT2D eigenvalue weighted by Crippen LogP contribution is 2.30. The highest BCUT2D eigenvalue weighted by atomic mass is 15.2. The molecule has 0 amide bonds.